The normalized spacial score (nSPS) is 35.1. The first-order chi connectivity index (χ1) is 9.22. The van der Waals surface area contributed by atoms with Crippen LogP contribution in [0.2, 0.25) is 0 Å². The van der Waals surface area contributed by atoms with Crippen LogP contribution in [-0.2, 0) is 0 Å². The van der Waals surface area contributed by atoms with Gasteiger partial charge in [-0.15, -0.1) is 0 Å². The maximum Gasteiger partial charge on any atom is 0.0249 e. The van der Waals surface area contributed by atoms with Crippen LogP contribution in [0.3, 0.4) is 0 Å². The number of likely N-dealkylation sites (N-methyl/N-ethyl adjacent to an activating group) is 1. The molecule has 0 aromatic carbocycles. The minimum atomic E-state index is 0.734. The largest absolute Gasteiger partial charge is 0.315 e. The number of likely N-dealkylation sites (tertiary alicyclic amines) is 1. The Balaban J connectivity index is 1.95. The Labute approximate surface area is 120 Å². The van der Waals surface area contributed by atoms with Crippen molar-refractivity contribution >= 4 is 0 Å². The van der Waals surface area contributed by atoms with Gasteiger partial charge in [-0.2, -0.15) is 0 Å². The molecule has 2 nitrogen and oxygen atoms in total. The van der Waals surface area contributed by atoms with Crippen LogP contribution in [0.25, 0.3) is 0 Å². The van der Waals surface area contributed by atoms with Gasteiger partial charge in [0.15, 0.2) is 0 Å². The maximum absolute atomic E-state index is 3.60. The van der Waals surface area contributed by atoms with E-state index in [1.165, 1.54) is 64.5 Å². The molecular formula is C17H34N2. The summed E-state index contributed by atoms with van der Waals surface area (Å²) in [6.07, 6.45) is 11.4. The molecule has 0 aromatic heterocycles. The fourth-order valence-electron chi connectivity index (χ4n) is 4.20. The van der Waals surface area contributed by atoms with E-state index in [-0.39, 0.29) is 0 Å². The maximum atomic E-state index is 3.60. The van der Waals surface area contributed by atoms with E-state index in [1.54, 1.807) is 0 Å². The summed E-state index contributed by atoms with van der Waals surface area (Å²) in [5, 5.41) is 3.60. The number of hydrogen-bond donors (Lipinski definition) is 1. The first-order valence-electron chi connectivity index (χ1n) is 8.63. The van der Waals surface area contributed by atoms with Gasteiger partial charge in [-0.1, -0.05) is 33.1 Å². The lowest BCUT2D eigenvalue weighted by atomic mass is 9.89. The second kappa shape index (κ2) is 7.64. The molecule has 0 radical (unpaired) electrons. The summed E-state index contributed by atoms with van der Waals surface area (Å²) in [6.45, 7) is 7.49. The van der Waals surface area contributed by atoms with E-state index in [1.807, 2.05) is 0 Å². The van der Waals surface area contributed by atoms with Crippen molar-refractivity contribution in [3.8, 4) is 0 Å². The summed E-state index contributed by atoms with van der Waals surface area (Å²) < 4.78 is 0. The van der Waals surface area contributed by atoms with Gasteiger partial charge in [0.05, 0.1) is 0 Å². The van der Waals surface area contributed by atoms with Gasteiger partial charge in [0, 0.05) is 12.1 Å². The molecule has 1 aliphatic carbocycles. The molecule has 3 atom stereocenters. The SMILES string of the molecule is CNC1CCCCCC1N1CCCC(C(C)C)CC1. The Kier molecular flexibility index (Phi) is 6.15. The molecule has 2 aliphatic rings. The van der Waals surface area contributed by atoms with Crippen molar-refractivity contribution in [3.63, 3.8) is 0 Å². The third-order valence-electron chi connectivity index (χ3n) is 5.57. The van der Waals surface area contributed by atoms with E-state index >= 15 is 0 Å². The van der Waals surface area contributed by atoms with Gasteiger partial charge >= 0.3 is 0 Å². The second-order valence-electron chi connectivity index (χ2n) is 7.07. The molecule has 112 valence electrons. The summed E-state index contributed by atoms with van der Waals surface area (Å²) in [5.74, 6) is 1.83. The molecule has 1 N–H and O–H groups in total. The zero-order chi connectivity index (χ0) is 13.7. The molecule has 3 unspecified atom stereocenters. The lowest BCUT2D eigenvalue weighted by Gasteiger charge is -2.35. The minimum Gasteiger partial charge on any atom is -0.315 e. The van der Waals surface area contributed by atoms with Crippen molar-refractivity contribution in [2.24, 2.45) is 11.8 Å². The molecule has 19 heavy (non-hydrogen) atoms. The van der Waals surface area contributed by atoms with Crippen LogP contribution in [0.5, 0.6) is 0 Å². The van der Waals surface area contributed by atoms with Crippen molar-refractivity contribution < 1.29 is 0 Å². The van der Waals surface area contributed by atoms with Crippen LogP contribution in [0.15, 0.2) is 0 Å². The first kappa shape index (κ1) is 15.3. The van der Waals surface area contributed by atoms with Crippen LogP contribution in [0.1, 0.15) is 65.2 Å². The molecule has 0 aromatic rings. The minimum absolute atomic E-state index is 0.734. The molecule has 1 saturated heterocycles. The fraction of sp³-hybridized carbons (Fsp3) is 1.00. The van der Waals surface area contributed by atoms with E-state index in [4.69, 9.17) is 0 Å². The van der Waals surface area contributed by atoms with E-state index in [9.17, 15) is 0 Å². The van der Waals surface area contributed by atoms with Crippen LogP contribution in [0.4, 0.5) is 0 Å². The van der Waals surface area contributed by atoms with Gasteiger partial charge < -0.3 is 5.32 Å². The predicted molar refractivity (Wildman–Crippen MR) is 83.5 cm³/mol. The van der Waals surface area contributed by atoms with Crippen LogP contribution in [0, 0.1) is 11.8 Å². The van der Waals surface area contributed by atoms with Crippen molar-refractivity contribution in [1.82, 2.24) is 10.2 Å². The Bertz CT molecular complexity index is 252. The van der Waals surface area contributed by atoms with E-state index < -0.39 is 0 Å². The summed E-state index contributed by atoms with van der Waals surface area (Å²) in [7, 11) is 2.16. The summed E-state index contributed by atoms with van der Waals surface area (Å²) >= 11 is 0. The third kappa shape index (κ3) is 4.19. The number of hydrogen-bond acceptors (Lipinski definition) is 2. The molecule has 0 bridgehead atoms. The monoisotopic (exact) mass is 266 g/mol. The zero-order valence-corrected chi connectivity index (χ0v) is 13.3. The molecule has 2 fully saturated rings. The molecular weight excluding hydrogens is 232 g/mol. The molecule has 2 rings (SSSR count). The topological polar surface area (TPSA) is 15.3 Å². The highest BCUT2D eigenvalue weighted by atomic mass is 15.2. The Morgan fingerprint density at radius 2 is 1.68 bits per heavy atom. The Morgan fingerprint density at radius 3 is 2.42 bits per heavy atom. The van der Waals surface area contributed by atoms with E-state index in [2.05, 4.69) is 31.1 Å². The standard InChI is InChI=1S/C17H34N2/c1-14(2)15-8-7-12-19(13-11-15)17-10-6-4-5-9-16(17)18-3/h14-18H,4-13H2,1-3H3. The van der Waals surface area contributed by atoms with Gasteiger partial charge in [-0.05, 0) is 64.1 Å². The van der Waals surface area contributed by atoms with Crippen LogP contribution in [-0.4, -0.2) is 37.1 Å². The highest BCUT2D eigenvalue weighted by Crippen LogP contribution is 2.29. The zero-order valence-electron chi connectivity index (χ0n) is 13.3. The number of nitrogens with one attached hydrogen (secondary N) is 1. The number of rotatable bonds is 3. The van der Waals surface area contributed by atoms with Gasteiger partial charge in [0.2, 0.25) is 0 Å². The quantitative estimate of drug-likeness (QED) is 0.784. The van der Waals surface area contributed by atoms with Gasteiger partial charge in [-0.25, -0.2) is 0 Å². The molecule has 2 heteroatoms. The van der Waals surface area contributed by atoms with Crippen molar-refractivity contribution in [3.05, 3.63) is 0 Å². The molecule has 1 heterocycles. The second-order valence-corrected chi connectivity index (χ2v) is 7.07. The lowest BCUT2D eigenvalue weighted by Crippen LogP contribution is -2.49. The summed E-state index contributed by atoms with van der Waals surface area (Å²) in [5.41, 5.74) is 0. The summed E-state index contributed by atoms with van der Waals surface area (Å²) in [6, 6.07) is 1.54. The van der Waals surface area contributed by atoms with Gasteiger partial charge in [0.1, 0.15) is 0 Å². The molecule has 1 aliphatic heterocycles. The van der Waals surface area contributed by atoms with Gasteiger partial charge in [-0.3, -0.25) is 4.90 Å². The number of nitrogens with zero attached hydrogens (tertiary/aromatic N) is 1. The fourth-order valence-corrected chi connectivity index (χ4v) is 4.20. The smallest absolute Gasteiger partial charge is 0.0249 e. The van der Waals surface area contributed by atoms with E-state index in [0.29, 0.717) is 0 Å². The van der Waals surface area contributed by atoms with Gasteiger partial charge in [0.25, 0.3) is 0 Å². The highest BCUT2D eigenvalue weighted by molar-refractivity contribution is 4.87. The average Bonchev–Trinajstić information content (AvgIpc) is 2.78. The molecule has 0 amide bonds. The van der Waals surface area contributed by atoms with Crippen LogP contribution < -0.4 is 5.32 Å². The predicted octanol–water partition coefficient (Wildman–Crippen LogP) is 3.67. The molecule has 1 saturated carbocycles. The Morgan fingerprint density at radius 1 is 0.895 bits per heavy atom. The third-order valence-corrected chi connectivity index (χ3v) is 5.57. The van der Waals surface area contributed by atoms with E-state index in [0.717, 1.165) is 23.9 Å². The van der Waals surface area contributed by atoms with Crippen molar-refractivity contribution in [1.29, 1.82) is 0 Å². The van der Waals surface area contributed by atoms with Crippen molar-refractivity contribution in [2.75, 3.05) is 20.1 Å². The first-order valence-corrected chi connectivity index (χ1v) is 8.63. The summed E-state index contributed by atoms with van der Waals surface area (Å²) in [4.78, 5) is 2.83. The Hall–Kier alpha value is -0.0800. The highest BCUT2D eigenvalue weighted by Gasteiger charge is 2.29. The molecule has 0 spiro atoms. The lowest BCUT2D eigenvalue weighted by molar-refractivity contribution is 0.153. The average molecular weight is 266 g/mol. The van der Waals surface area contributed by atoms with Crippen LogP contribution >= 0.6 is 0 Å². The van der Waals surface area contributed by atoms with Crippen molar-refractivity contribution in [2.45, 2.75) is 77.3 Å².